The second-order valence-corrected chi connectivity index (χ2v) is 18.3. The van der Waals surface area contributed by atoms with E-state index < -0.39 is 17.9 Å². The van der Waals surface area contributed by atoms with Gasteiger partial charge in [-0.05, 0) is 111 Å². The molecule has 2 aliphatic heterocycles. The predicted molar refractivity (Wildman–Crippen MR) is 250 cm³/mol. The van der Waals surface area contributed by atoms with E-state index in [1.54, 1.807) is 0 Å². The number of ketones is 1. The highest BCUT2D eigenvalue weighted by atomic mass is 16.5. The number of carbonyl (C=O) groups excluding carboxylic acids is 3. The molecular formula is C52H70N4O6. The molecule has 3 aliphatic rings. The highest BCUT2D eigenvalue weighted by Crippen LogP contribution is 2.42. The number of Topliss-reactive ketones (excluding diaryl/α,β-unsaturated/α-hetero) is 1. The van der Waals surface area contributed by atoms with Crippen LogP contribution in [0.4, 0.5) is 0 Å². The van der Waals surface area contributed by atoms with Crippen LogP contribution >= 0.6 is 0 Å². The monoisotopic (exact) mass is 847 g/mol. The van der Waals surface area contributed by atoms with Crippen LogP contribution in [0.2, 0.25) is 0 Å². The molecule has 62 heavy (non-hydrogen) atoms. The van der Waals surface area contributed by atoms with Crippen LogP contribution in [0, 0.1) is 43.4 Å². The summed E-state index contributed by atoms with van der Waals surface area (Å²) in [6.07, 6.45) is 22.2. The fourth-order valence-electron chi connectivity index (χ4n) is 10.3. The minimum atomic E-state index is -1.14. The average molecular weight is 847 g/mol. The lowest BCUT2D eigenvalue weighted by atomic mass is 9.80. The Bertz CT molecular complexity index is 2490. The first-order chi connectivity index (χ1) is 29.8. The molecule has 0 radical (unpaired) electrons. The van der Waals surface area contributed by atoms with Crippen LogP contribution in [0.5, 0.6) is 0 Å². The molecule has 10 nitrogen and oxygen atoms in total. The van der Waals surface area contributed by atoms with Gasteiger partial charge in [0.25, 0.3) is 0 Å². The molecule has 0 aromatic carbocycles. The Balaban J connectivity index is 1.29. The van der Waals surface area contributed by atoms with Gasteiger partial charge in [-0.25, -0.2) is 0 Å². The number of rotatable bonds is 18. The van der Waals surface area contributed by atoms with Gasteiger partial charge in [0.05, 0.1) is 30.1 Å². The van der Waals surface area contributed by atoms with Crippen molar-refractivity contribution in [1.29, 1.82) is 0 Å². The van der Waals surface area contributed by atoms with Crippen molar-refractivity contribution >= 4 is 53.9 Å². The van der Waals surface area contributed by atoms with Gasteiger partial charge in [0.15, 0.2) is 5.78 Å². The van der Waals surface area contributed by atoms with E-state index in [2.05, 4.69) is 67.5 Å². The van der Waals surface area contributed by atoms with E-state index in [0.29, 0.717) is 34.5 Å². The Hall–Kier alpha value is -5.25. The van der Waals surface area contributed by atoms with Crippen LogP contribution in [0.25, 0.3) is 36.1 Å². The number of H-pyrrole nitrogens is 3. The van der Waals surface area contributed by atoms with E-state index in [9.17, 15) is 19.5 Å². The molecule has 1 fully saturated rings. The van der Waals surface area contributed by atoms with Crippen molar-refractivity contribution in [3.05, 3.63) is 90.1 Å². The molecular weight excluding hydrogens is 777 g/mol. The molecule has 0 spiro atoms. The molecule has 10 heteroatoms. The number of aromatic nitrogens is 3. The first-order valence-corrected chi connectivity index (χ1v) is 23.0. The number of allylic oxidation sites excluding steroid dienone is 2. The van der Waals surface area contributed by atoms with E-state index in [1.165, 1.54) is 51.2 Å². The Morgan fingerprint density at radius 2 is 1.63 bits per heavy atom. The van der Waals surface area contributed by atoms with Crippen molar-refractivity contribution in [2.45, 2.75) is 132 Å². The van der Waals surface area contributed by atoms with E-state index >= 15 is 0 Å². The lowest BCUT2D eigenvalue weighted by Gasteiger charge is -2.25. The molecule has 3 aromatic heterocycles. The number of aliphatic hydroxyl groups is 1. The number of nitrogens with one attached hydrogen (secondary N) is 4. The van der Waals surface area contributed by atoms with Crippen LogP contribution in [-0.4, -0.2) is 57.5 Å². The summed E-state index contributed by atoms with van der Waals surface area (Å²) < 4.78 is 11.1. The molecule has 0 amide bonds. The van der Waals surface area contributed by atoms with Gasteiger partial charge in [-0.15, -0.1) is 0 Å². The first-order valence-electron chi connectivity index (χ1n) is 23.0. The van der Waals surface area contributed by atoms with Gasteiger partial charge in [-0.2, -0.15) is 0 Å². The summed E-state index contributed by atoms with van der Waals surface area (Å²) in [7, 11) is 1.31. The maximum absolute atomic E-state index is 14.4. The third-order valence-electron chi connectivity index (χ3n) is 14.0. The number of carbonyl (C=O) groups is 3. The Kier molecular flexibility index (Phi) is 15.1. The van der Waals surface area contributed by atoms with Gasteiger partial charge >= 0.3 is 11.9 Å². The fraction of sp³-hybridized carbons (Fsp3) is 0.519. The van der Waals surface area contributed by atoms with Crippen LogP contribution < -0.4 is 26.6 Å². The van der Waals surface area contributed by atoms with Gasteiger partial charge in [0.2, 0.25) is 0 Å². The normalized spacial score (nSPS) is 22.6. The molecule has 8 bridgehead atoms. The maximum Gasteiger partial charge on any atom is 0.320 e. The zero-order valence-corrected chi connectivity index (χ0v) is 38.6. The van der Waals surface area contributed by atoms with Gasteiger partial charge in [-0.1, -0.05) is 91.4 Å². The zero-order chi connectivity index (χ0) is 44.8. The second-order valence-electron chi connectivity index (χ2n) is 18.3. The quantitative estimate of drug-likeness (QED) is 0.0498. The lowest BCUT2D eigenvalue weighted by molar-refractivity contribution is -0.143. The minimum Gasteiger partial charge on any atom is -0.515 e. The van der Waals surface area contributed by atoms with Crippen LogP contribution in [-0.2, 0) is 25.5 Å². The summed E-state index contributed by atoms with van der Waals surface area (Å²) in [4.78, 5) is 52.1. The SMILES string of the molecule is C=Cc1c2[nH]c(c1C)/C=C1\NC(C3=c4[nH]/c(c(C)c4C(=O)[C@@H]3C(=O)OC)=C\c3[nH]c(/c(=C/O)c3CC)=C\2)[C@@H](CCC(=O)OC/C=C(\C)CCC[C@@H](C)CCC[C@H](C)CCC)[C@@H]1C. The van der Waals surface area contributed by atoms with Crippen LogP contribution in [0.15, 0.2) is 23.9 Å². The smallest absolute Gasteiger partial charge is 0.320 e. The number of aliphatic hydroxyl groups excluding tert-OH is 1. The highest BCUT2D eigenvalue weighted by molar-refractivity contribution is 6.19. The summed E-state index contributed by atoms with van der Waals surface area (Å²) >= 11 is 0. The topological polar surface area (TPSA) is 149 Å². The third-order valence-corrected chi connectivity index (χ3v) is 14.0. The number of hydrogen-bond acceptors (Lipinski definition) is 7. The second kappa shape index (κ2) is 20.3. The van der Waals surface area contributed by atoms with Crippen LogP contribution in [0.1, 0.15) is 155 Å². The van der Waals surface area contributed by atoms with Gasteiger partial charge in [0.1, 0.15) is 12.5 Å². The minimum absolute atomic E-state index is 0.0876. The van der Waals surface area contributed by atoms with Gasteiger partial charge < -0.3 is 34.8 Å². The molecule has 6 atom stereocenters. The van der Waals surface area contributed by atoms with Crippen LogP contribution in [0.3, 0.4) is 0 Å². The summed E-state index contributed by atoms with van der Waals surface area (Å²) in [6, 6.07) is -0.472. The van der Waals surface area contributed by atoms with E-state index in [0.717, 1.165) is 86.7 Å². The number of methoxy groups -OCH3 is 1. The van der Waals surface area contributed by atoms with Gasteiger partial charge in [0, 0.05) is 56.8 Å². The van der Waals surface area contributed by atoms with Crippen molar-refractivity contribution in [3.8, 4) is 0 Å². The van der Waals surface area contributed by atoms with E-state index in [-0.39, 0.29) is 36.6 Å². The Labute approximate surface area is 367 Å². The summed E-state index contributed by atoms with van der Waals surface area (Å²) in [5, 5.41) is 17.0. The predicted octanol–water partition coefficient (Wildman–Crippen LogP) is 7.84. The molecule has 334 valence electrons. The van der Waals surface area contributed by atoms with Crippen molar-refractivity contribution in [1.82, 2.24) is 20.3 Å². The molecule has 5 heterocycles. The van der Waals surface area contributed by atoms with E-state index in [4.69, 9.17) is 9.47 Å². The summed E-state index contributed by atoms with van der Waals surface area (Å²) in [5.74, 6) is -1.06. The molecule has 1 saturated heterocycles. The average Bonchev–Trinajstić information content (AvgIpc) is 4.00. The molecule has 5 N–H and O–H groups in total. The Morgan fingerprint density at radius 3 is 2.31 bits per heavy atom. The lowest BCUT2D eigenvalue weighted by Crippen LogP contribution is -2.38. The number of hydrogen-bond donors (Lipinski definition) is 5. The van der Waals surface area contributed by atoms with Crippen molar-refractivity contribution < 1.29 is 29.0 Å². The summed E-state index contributed by atoms with van der Waals surface area (Å²) in [6.45, 7) is 21.6. The standard InChI is InChI=1S/C52H70N4O6/c1-11-16-29(4)17-14-18-30(5)19-15-20-31(6)23-24-62-45(58)22-21-37-33(8)40-25-39-32(7)35(12-2)42(53-39)27-44-38(28-57)36(13-3)43(54-44)26-41-34(9)46-50(56-41)47(49(37)55-40)48(51(46)59)52(60)61-10/h12,23,25-30,33,37,48-49,53-57H,2,11,13-22,24H2,1,3-10H3/b31-23+,38-28+,40-25-,41-26-,44-27-/t29-,30+,33+,37+,48-,49?/m1/s1. The molecule has 3 aromatic rings. The fourth-order valence-corrected chi connectivity index (χ4v) is 10.3. The maximum atomic E-state index is 14.4. The van der Waals surface area contributed by atoms with Crippen molar-refractivity contribution in [2.75, 3.05) is 13.7 Å². The molecule has 0 saturated carbocycles. The van der Waals surface area contributed by atoms with Crippen molar-refractivity contribution in [3.63, 3.8) is 0 Å². The zero-order valence-electron chi connectivity index (χ0n) is 38.6. The van der Waals surface area contributed by atoms with E-state index in [1.807, 2.05) is 45.1 Å². The number of fused-ring (bicyclic) bond motifs is 8. The number of aromatic amines is 3. The number of ether oxygens (including phenoxy) is 2. The third kappa shape index (κ3) is 9.54. The highest BCUT2D eigenvalue weighted by Gasteiger charge is 2.49. The van der Waals surface area contributed by atoms with Crippen molar-refractivity contribution in [2.24, 2.45) is 29.6 Å². The molecule has 1 aliphatic carbocycles. The first kappa shape index (κ1) is 46.3. The number of esters is 2. The summed E-state index contributed by atoms with van der Waals surface area (Å²) in [5.41, 5.74) is 9.31. The Morgan fingerprint density at radius 1 is 0.919 bits per heavy atom. The molecule has 6 rings (SSSR count). The molecule has 1 unspecified atom stereocenters. The van der Waals surface area contributed by atoms with Gasteiger partial charge in [-0.3, -0.25) is 14.4 Å². The largest absolute Gasteiger partial charge is 0.515 e.